The number of methoxy groups -OCH3 is 1. The highest BCUT2D eigenvalue weighted by Crippen LogP contribution is 2.27. The van der Waals surface area contributed by atoms with Crippen LogP contribution < -0.4 is 15.0 Å². The average molecular weight is 343 g/mol. The minimum absolute atomic E-state index is 0.620. The van der Waals surface area contributed by atoms with Crippen molar-refractivity contribution in [3.05, 3.63) is 36.2 Å². The van der Waals surface area contributed by atoms with Crippen LogP contribution in [0.4, 0.5) is 10.8 Å². The summed E-state index contributed by atoms with van der Waals surface area (Å²) in [6.07, 6.45) is 3.14. The van der Waals surface area contributed by atoms with E-state index < -0.39 is 0 Å². The first-order valence-electron chi connectivity index (χ1n) is 8.17. The molecule has 4 rings (SSSR count). The normalized spacial score (nSPS) is 17.6. The van der Waals surface area contributed by atoms with Gasteiger partial charge in [-0.3, -0.25) is 0 Å². The van der Waals surface area contributed by atoms with Crippen LogP contribution in [0.25, 0.3) is 4.96 Å². The Morgan fingerprint density at radius 1 is 1.42 bits per heavy atom. The average Bonchev–Trinajstić information content (AvgIpc) is 3.27. The van der Waals surface area contributed by atoms with Crippen LogP contribution in [0, 0.1) is 12.8 Å². The van der Waals surface area contributed by atoms with E-state index in [4.69, 9.17) is 4.74 Å². The minimum Gasteiger partial charge on any atom is -0.497 e. The highest BCUT2D eigenvalue weighted by molar-refractivity contribution is 7.20. The van der Waals surface area contributed by atoms with Gasteiger partial charge in [-0.25, -0.2) is 9.50 Å². The van der Waals surface area contributed by atoms with Crippen molar-refractivity contribution in [2.45, 2.75) is 13.3 Å². The second kappa shape index (κ2) is 6.32. The van der Waals surface area contributed by atoms with Crippen molar-refractivity contribution in [1.29, 1.82) is 0 Å². The van der Waals surface area contributed by atoms with Gasteiger partial charge >= 0.3 is 0 Å². The van der Waals surface area contributed by atoms with E-state index in [1.54, 1.807) is 18.4 Å². The zero-order chi connectivity index (χ0) is 16.5. The predicted octanol–water partition coefficient (Wildman–Crippen LogP) is 3.05. The van der Waals surface area contributed by atoms with E-state index in [1.165, 1.54) is 12.1 Å². The first-order chi connectivity index (χ1) is 11.7. The molecule has 0 amide bonds. The summed E-state index contributed by atoms with van der Waals surface area (Å²) in [5, 5.41) is 8.94. The Labute approximate surface area is 145 Å². The summed E-state index contributed by atoms with van der Waals surface area (Å²) >= 11 is 1.60. The monoisotopic (exact) mass is 343 g/mol. The fraction of sp³-hybridized carbons (Fsp3) is 0.412. The van der Waals surface area contributed by atoms with Crippen molar-refractivity contribution >= 4 is 27.1 Å². The number of aryl methyl sites for hydroxylation is 1. The van der Waals surface area contributed by atoms with Crippen molar-refractivity contribution < 1.29 is 4.74 Å². The number of ether oxygens (including phenoxy) is 1. The van der Waals surface area contributed by atoms with Gasteiger partial charge in [-0.15, -0.1) is 5.10 Å². The third-order valence-electron chi connectivity index (χ3n) is 4.41. The molecule has 0 spiro atoms. The van der Waals surface area contributed by atoms with Gasteiger partial charge in [-0.1, -0.05) is 17.4 Å². The van der Waals surface area contributed by atoms with Crippen molar-refractivity contribution in [2.75, 3.05) is 37.0 Å². The highest BCUT2D eigenvalue weighted by Gasteiger charge is 2.23. The van der Waals surface area contributed by atoms with Gasteiger partial charge in [-0.2, -0.15) is 0 Å². The number of nitrogens with one attached hydrogen (secondary N) is 1. The maximum atomic E-state index is 5.32. The first-order valence-corrected chi connectivity index (χ1v) is 8.98. The molecule has 0 bridgehead atoms. The van der Waals surface area contributed by atoms with Gasteiger partial charge in [0.15, 0.2) is 0 Å². The summed E-state index contributed by atoms with van der Waals surface area (Å²) in [7, 11) is 1.71. The highest BCUT2D eigenvalue weighted by atomic mass is 32.1. The second-order valence-corrected chi connectivity index (χ2v) is 7.16. The molecule has 1 fully saturated rings. The van der Waals surface area contributed by atoms with Gasteiger partial charge in [0.25, 0.3) is 0 Å². The molecular weight excluding hydrogens is 322 g/mol. The number of fused-ring (bicyclic) bond motifs is 1. The van der Waals surface area contributed by atoms with Crippen LogP contribution in [-0.2, 0) is 0 Å². The second-order valence-electron chi connectivity index (χ2n) is 6.20. The molecule has 126 valence electrons. The van der Waals surface area contributed by atoms with Gasteiger partial charge in [0.1, 0.15) is 5.75 Å². The van der Waals surface area contributed by atoms with E-state index >= 15 is 0 Å². The maximum Gasteiger partial charge on any atom is 0.214 e. The summed E-state index contributed by atoms with van der Waals surface area (Å²) in [6, 6.07) is 8.29. The van der Waals surface area contributed by atoms with Crippen LogP contribution in [0.1, 0.15) is 12.1 Å². The summed E-state index contributed by atoms with van der Waals surface area (Å²) in [5.74, 6) is 1.53. The third-order valence-corrected chi connectivity index (χ3v) is 5.29. The molecule has 0 aliphatic carbocycles. The van der Waals surface area contributed by atoms with Crippen molar-refractivity contribution in [3.63, 3.8) is 0 Å². The fourth-order valence-electron chi connectivity index (χ4n) is 3.15. The predicted molar refractivity (Wildman–Crippen MR) is 97.4 cm³/mol. The lowest BCUT2D eigenvalue weighted by Gasteiger charge is -2.19. The smallest absolute Gasteiger partial charge is 0.214 e. The molecule has 0 saturated carbocycles. The van der Waals surface area contributed by atoms with Gasteiger partial charge in [0.05, 0.1) is 19.0 Å². The third kappa shape index (κ3) is 3.03. The van der Waals surface area contributed by atoms with Crippen LogP contribution in [0.2, 0.25) is 0 Å². The Kier molecular flexibility index (Phi) is 4.02. The molecule has 3 heterocycles. The fourth-order valence-corrected chi connectivity index (χ4v) is 3.99. The summed E-state index contributed by atoms with van der Waals surface area (Å²) < 4.78 is 7.17. The van der Waals surface area contributed by atoms with Gasteiger partial charge < -0.3 is 15.0 Å². The molecule has 1 aliphatic rings. The first kappa shape index (κ1) is 15.3. The number of rotatable bonds is 5. The maximum absolute atomic E-state index is 5.32. The lowest BCUT2D eigenvalue weighted by Crippen LogP contribution is -2.22. The quantitative estimate of drug-likeness (QED) is 0.772. The number of nitrogens with zero attached hydrogens (tertiary/aromatic N) is 4. The van der Waals surface area contributed by atoms with Crippen LogP contribution in [-0.4, -0.2) is 41.3 Å². The summed E-state index contributed by atoms with van der Waals surface area (Å²) in [4.78, 5) is 7.81. The Morgan fingerprint density at radius 3 is 3.17 bits per heavy atom. The van der Waals surface area contributed by atoms with Crippen molar-refractivity contribution in [2.24, 2.45) is 5.92 Å². The zero-order valence-electron chi connectivity index (χ0n) is 13.9. The van der Waals surface area contributed by atoms with Gasteiger partial charge in [0, 0.05) is 31.4 Å². The van der Waals surface area contributed by atoms with E-state index in [0.717, 1.165) is 41.2 Å². The largest absolute Gasteiger partial charge is 0.497 e. The van der Waals surface area contributed by atoms with Crippen LogP contribution in [0.5, 0.6) is 5.75 Å². The number of anilines is 2. The summed E-state index contributed by atoms with van der Waals surface area (Å²) in [6.45, 7) is 5.07. The van der Waals surface area contributed by atoms with Crippen molar-refractivity contribution in [1.82, 2.24) is 14.6 Å². The minimum atomic E-state index is 0.620. The Hall–Kier alpha value is -2.28. The molecule has 24 heavy (non-hydrogen) atoms. The SMILES string of the molecule is COc1cccc(N2CCC(CNc3nn4cc(C)nc4s3)C2)c1. The molecule has 1 aliphatic heterocycles. The number of hydrogen-bond donors (Lipinski definition) is 1. The molecule has 1 aromatic carbocycles. The van der Waals surface area contributed by atoms with E-state index in [1.807, 2.05) is 29.8 Å². The van der Waals surface area contributed by atoms with Crippen molar-refractivity contribution in [3.8, 4) is 5.75 Å². The number of benzene rings is 1. The van der Waals surface area contributed by atoms with E-state index in [2.05, 4.69) is 32.4 Å². The number of imidazole rings is 1. The Balaban J connectivity index is 1.35. The molecule has 1 saturated heterocycles. The Morgan fingerprint density at radius 2 is 2.33 bits per heavy atom. The van der Waals surface area contributed by atoms with Crippen LogP contribution >= 0.6 is 11.3 Å². The lowest BCUT2D eigenvalue weighted by atomic mass is 10.1. The number of hydrogen-bond acceptors (Lipinski definition) is 6. The Bertz CT molecular complexity index is 811. The van der Waals surface area contributed by atoms with Gasteiger partial charge in [-0.05, 0) is 31.4 Å². The molecule has 1 atom stereocenters. The summed E-state index contributed by atoms with van der Waals surface area (Å²) in [5.41, 5.74) is 2.24. The molecule has 1 unspecified atom stereocenters. The zero-order valence-corrected chi connectivity index (χ0v) is 14.7. The van der Waals surface area contributed by atoms with Crippen LogP contribution in [0.15, 0.2) is 30.5 Å². The molecule has 0 radical (unpaired) electrons. The van der Waals surface area contributed by atoms with Gasteiger partial charge in [0.2, 0.25) is 10.1 Å². The molecule has 2 aromatic heterocycles. The van der Waals surface area contributed by atoms with E-state index in [0.29, 0.717) is 5.92 Å². The van der Waals surface area contributed by atoms with E-state index in [9.17, 15) is 0 Å². The molecule has 3 aromatic rings. The van der Waals surface area contributed by atoms with Crippen LogP contribution in [0.3, 0.4) is 0 Å². The molecular formula is C17H21N5OS. The molecule has 6 nitrogen and oxygen atoms in total. The molecule has 1 N–H and O–H groups in total. The molecule has 7 heteroatoms. The lowest BCUT2D eigenvalue weighted by molar-refractivity contribution is 0.415. The topological polar surface area (TPSA) is 54.7 Å². The number of aromatic nitrogens is 3. The standard InChI is InChI=1S/C17H21N5OS/c1-12-10-22-17(19-12)24-16(20-22)18-9-13-6-7-21(11-13)14-4-3-5-15(8-14)23-2/h3-5,8,10,13H,6-7,9,11H2,1-2H3,(H,18,20). The van der Waals surface area contributed by atoms with E-state index in [-0.39, 0.29) is 0 Å².